The molecule has 6 heteroatoms. The van der Waals surface area contributed by atoms with Crippen LogP contribution in [0, 0.1) is 0 Å². The maximum absolute atomic E-state index is 12.9. The standard InChI is InChI=1S/C26H20N2O3S/c29-22-13-12-21(28-14-4-7-20(22)28)23(30)15-25-27-16-24(32-25)17-8-10-19(11-9-17)26(31)18-5-2-1-3-6-18/h1-11,14,16,21H,12-13,15H2. The first-order valence-corrected chi connectivity index (χ1v) is 11.3. The second kappa shape index (κ2) is 8.48. The lowest BCUT2D eigenvalue weighted by Crippen LogP contribution is -2.28. The molecule has 1 unspecified atom stereocenters. The lowest BCUT2D eigenvalue weighted by atomic mass is 9.97. The van der Waals surface area contributed by atoms with Crippen LogP contribution in [-0.2, 0) is 11.2 Å². The zero-order valence-electron chi connectivity index (χ0n) is 17.2. The Kier molecular flexibility index (Phi) is 5.37. The third-order valence-electron chi connectivity index (χ3n) is 5.76. The average Bonchev–Trinajstić information content (AvgIpc) is 3.50. The zero-order chi connectivity index (χ0) is 22.1. The molecule has 2 aromatic carbocycles. The van der Waals surface area contributed by atoms with Gasteiger partial charge in [0.05, 0.1) is 23.0 Å². The van der Waals surface area contributed by atoms with Gasteiger partial charge >= 0.3 is 0 Å². The fourth-order valence-electron chi connectivity index (χ4n) is 4.09. The molecule has 5 nitrogen and oxygen atoms in total. The maximum Gasteiger partial charge on any atom is 0.193 e. The van der Waals surface area contributed by atoms with Crippen molar-refractivity contribution in [3.05, 3.63) is 101 Å². The molecule has 0 saturated carbocycles. The Morgan fingerprint density at radius 3 is 2.50 bits per heavy atom. The Labute approximate surface area is 189 Å². The van der Waals surface area contributed by atoms with E-state index in [1.165, 1.54) is 11.3 Å². The fraction of sp³-hybridized carbons (Fsp3) is 0.154. The minimum absolute atomic E-state index is 0.0110. The van der Waals surface area contributed by atoms with Crippen LogP contribution < -0.4 is 0 Å². The van der Waals surface area contributed by atoms with E-state index < -0.39 is 0 Å². The predicted molar refractivity (Wildman–Crippen MR) is 123 cm³/mol. The zero-order valence-corrected chi connectivity index (χ0v) is 18.0. The number of thiazole rings is 1. The molecule has 1 aliphatic heterocycles. The number of carbonyl (C=O) groups is 3. The second-order valence-electron chi connectivity index (χ2n) is 7.81. The number of Topliss-reactive ketones (excluding diaryl/α,β-unsaturated/α-hetero) is 2. The van der Waals surface area contributed by atoms with Crippen molar-refractivity contribution in [1.29, 1.82) is 0 Å². The van der Waals surface area contributed by atoms with Gasteiger partial charge in [-0.05, 0) is 24.1 Å². The summed E-state index contributed by atoms with van der Waals surface area (Å²) in [5.41, 5.74) is 2.87. The summed E-state index contributed by atoms with van der Waals surface area (Å²) in [6.07, 6.45) is 4.76. The molecule has 0 N–H and O–H groups in total. The number of benzene rings is 2. The van der Waals surface area contributed by atoms with E-state index in [0.29, 0.717) is 29.7 Å². The van der Waals surface area contributed by atoms with E-state index in [0.717, 1.165) is 15.4 Å². The van der Waals surface area contributed by atoms with Gasteiger partial charge < -0.3 is 4.57 Å². The van der Waals surface area contributed by atoms with Crippen LogP contribution in [0.4, 0.5) is 0 Å². The molecule has 2 aromatic heterocycles. The number of carbonyl (C=O) groups excluding carboxylic acids is 3. The lowest BCUT2D eigenvalue weighted by molar-refractivity contribution is -0.121. The van der Waals surface area contributed by atoms with Crippen molar-refractivity contribution in [1.82, 2.24) is 9.55 Å². The van der Waals surface area contributed by atoms with Crippen molar-refractivity contribution in [3.63, 3.8) is 0 Å². The van der Waals surface area contributed by atoms with Crippen LogP contribution in [0.1, 0.15) is 50.3 Å². The number of nitrogens with zero attached hydrogens (tertiary/aromatic N) is 2. The lowest BCUT2D eigenvalue weighted by Gasteiger charge is -2.24. The normalized spacial score (nSPS) is 15.4. The highest BCUT2D eigenvalue weighted by Gasteiger charge is 2.29. The van der Waals surface area contributed by atoms with Crippen LogP contribution in [0.3, 0.4) is 0 Å². The molecular formula is C26H20N2O3S. The summed E-state index contributed by atoms with van der Waals surface area (Å²) in [4.78, 5) is 42.9. The number of rotatable bonds is 6. The van der Waals surface area contributed by atoms with Crippen LogP contribution in [0.15, 0.2) is 79.1 Å². The number of fused-ring (bicyclic) bond motifs is 1. The highest BCUT2D eigenvalue weighted by molar-refractivity contribution is 7.15. The predicted octanol–water partition coefficient (Wildman–Crippen LogP) is 5.17. The highest BCUT2D eigenvalue weighted by Crippen LogP contribution is 2.30. The first-order valence-electron chi connectivity index (χ1n) is 10.5. The average molecular weight is 441 g/mol. The minimum Gasteiger partial charge on any atom is -0.335 e. The molecule has 5 rings (SSSR count). The van der Waals surface area contributed by atoms with Crippen LogP contribution in [0.5, 0.6) is 0 Å². The van der Waals surface area contributed by atoms with Crippen molar-refractivity contribution in [3.8, 4) is 10.4 Å². The third-order valence-corrected chi connectivity index (χ3v) is 6.81. The highest BCUT2D eigenvalue weighted by atomic mass is 32.1. The Morgan fingerprint density at radius 1 is 0.969 bits per heavy atom. The molecule has 1 atom stereocenters. The van der Waals surface area contributed by atoms with E-state index >= 15 is 0 Å². The van der Waals surface area contributed by atoms with E-state index in [4.69, 9.17) is 0 Å². The number of aromatic nitrogens is 2. The van der Waals surface area contributed by atoms with Gasteiger partial charge in [-0.3, -0.25) is 14.4 Å². The fourth-order valence-corrected chi connectivity index (χ4v) is 5.02. The van der Waals surface area contributed by atoms with Gasteiger partial charge in [-0.15, -0.1) is 11.3 Å². The van der Waals surface area contributed by atoms with Gasteiger partial charge in [0.15, 0.2) is 17.3 Å². The van der Waals surface area contributed by atoms with Gasteiger partial charge in [0.25, 0.3) is 0 Å². The topological polar surface area (TPSA) is 69.0 Å². The second-order valence-corrected chi connectivity index (χ2v) is 8.93. The summed E-state index contributed by atoms with van der Waals surface area (Å²) < 4.78 is 1.80. The summed E-state index contributed by atoms with van der Waals surface area (Å²) in [7, 11) is 0. The Balaban J connectivity index is 1.29. The van der Waals surface area contributed by atoms with E-state index in [1.54, 1.807) is 23.0 Å². The molecule has 0 radical (unpaired) electrons. The van der Waals surface area contributed by atoms with Gasteiger partial charge in [0, 0.05) is 29.9 Å². The smallest absolute Gasteiger partial charge is 0.193 e. The maximum atomic E-state index is 12.9. The SMILES string of the molecule is O=C(c1ccccc1)c1ccc(-c2cnc(CC(=O)C3CCC(=O)c4cccn43)s2)cc1. The van der Waals surface area contributed by atoms with Gasteiger partial charge in [-0.25, -0.2) is 4.98 Å². The Hall–Kier alpha value is -3.64. The summed E-state index contributed by atoms with van der Waals surface area (Å²) in [5.74, 6) is 0.146. The van der Waals surface area contributed by atoms with Crippen LogP contribution >= 0.6 is 11.3 Å². The molecule has 158 valence electrons. The first-order chi connectivity index (χ1) is 15.6. The third kappa shape index (κ3) is 3.85. The summed E-state index contributed by atoms with van der Waals surface area (Å²) in [6, 6.07) is 19.9. The summed E-state index contributed by atoms with van der Waals surface area (Å²) in [6.45, 7) is 0. The molecular weight excluding hydrogens is 420 g/mol. The molecule has 3 heterocycles. The minimum atomic E-state index is -0.312. The molecule has 0 amide bonds. The molecule has 4 aromatic rings. The first kappa shape index (κ1) is 20.3. The van der Waals surface area contributed by atoms with Crippen molar-refractivity contribution in [2.45, 2.75) is 25.3 Å². The molecule has 0 fully saturated rings. The quantitative estimate of drug-likeness (QED) is 0.388. The molecule has 0 saturated heterocycles. The van der Waals surface area contributed by atoms with E-state index in [2.05, 4.69) is 4.98 Å². The van der Waals surface area contributed by atoms with Crippen LogP contribution in [0.25, 0.3) is 10.4 Å². The largest absolute Gasteiger partial charge is 0.335 e. The monoisotopic (exact) mass is 440 g/mol. The number of ketones is 3. The van der Waals surface area contributed by atoms with E-state index in [1.807, 2.05) is 60.7 Å². The molecule has 0 aliphatic carbocycles. The number of hydrogen-bond donors (Lipinski definition) is 0. The van der Waals surface area contributed by atoms with Crippen molar-refractivity contribution in [2.24, 2.45) is 0 Å². The molecule has 0 bridgehead atoms. The van der Waals surface area contributed by atoms with Crippen LogP contribution in [-0.4, -0.2) is 26.9 Å². The van der Waals surface area contributed by atoms with E-state index in [-0.39, 0.29) is 29.8 Å². The van der Waals surface area contributed by atoms with Crippen LogP contribution in [0.2, 0.25) is 0 Å². The number of hydrogen-bond acceptors (Lipinski definition) is 5. The Morgan fingerprint density at radius 2 is 1.72 bits per heavy atom. The van der Waals surface area contributed by atoms with Crippen molar-refractivity contribution in [2.75, 3.05) is 0 Å². The summed E-state index contributed by atoms with van der Waals surface area (Å²) >= 11 is 1.48. The van der Waals surface area contributed by atoms with Crippen molar-refractivity contribution >= 4 is 28.7 Å². The van der Waals surface area contributed by atoms with Gasteiger partial charge in [0.1, 0.15) is 5.01 Å². The van der Waals surface area contributed by atoms with Gasteiger partial charge in [-0.2, -0.15) is 0 Å². The molecule has 32 heavy (non-hydrogen) atoms. The van der Waals surface area contributed by atoms with E-state index in [9.17, 15) is 14.4 Å². The van der Waals surface area contributed by atoms with Gasteiger partial charge in [0.2, 0.25) is 0 Å². The molecule has 1 aliphatic rings. The Bertz CT molecular complexity index is 1300. The van der Waals surface area contributed by atoms with Crippen molar-refractivity contribution < 1.29 is 14.4 Å². The summed E-state index contributed by atoms with van der Waals surface area (Å²) in [5, 5.41) is 0.750. The molecule has 0 spiro atoms. The van der Waals surface area contributed by atoms with Gasteiger partial charge in [-0.1, -0.05) is 54.6 Å².